The number of nitrogens with zero attached hydrogens (tertiary/aromatic N) is 2. The van der Waals surface area contributed by atoms with Crippen molar-refractivity contribution in [1.82, 2.24) is 4.98 Å². The van der Waals surface area contributed by atoms with Crippen LogP contribution in [-0.4, -0.2) is 35.3 Å². The molecule has 0 radical (unpaired) electrons. The van der Waals surface area contributed by atoms with E-state index in [-0.39, 0.29) is 11.5 Å². The number of nitrogens with one attached hydrogen (secondary N) is 1. The molecule has 2 unspecified atom stereocenters. The van der Waals surface area contributed by atoms with Crippen molar-refractivity contribution < 1.29 is 5.11 Å². The minimum Gasteiger partial charge on any atom is -0.392 e. The predicted octanol–water partition coefficient (Wildman–Crippen LogP) is 2.50. The van der Waals surface area contributed by atoms with Gasteiger partial charge in [-0.2, -0.15) is 0 Å². The second-order valence-corrected chi connectivity index (χ2v) is 5.85. The summed E-state index contributed by atoms with van der Waals surface area (Å²) in [6.07, 6.45) is 2.49. The number of anilines is 2. The summed E-state index contributed by atoms with van der Waals surface area (Å²) in [5, 5.41) is 13.2. The molecule has 0 bridgehead atoms. The highest BCUT2D eigenvalue weighted by molar-refractivity contribution is 5.49. The van der Waals surface area contributed by atoms with Crippen LogP contribution < -0.4 is 10.2 Å². The third-order valence-electron chi connectivity index (χ3n) is 4.39. The molecule has 106 valence electrons. The van der Waals surface area contributed by atoms with Gasteiger partial charge in [0.25, 0.3) is 0 Å². The number of pyridine rings is 1. The molecule has 0 aliphatic heterocycles. The molecule has 4 heteroatoms. The zero-order valence-corrected chi connectivity index (χ0v) is 12.3. The molecule has 1 aromatic heterocycles. The van der Waals surface area contributed by atoms with E-state index in [9.17, 15) is 5.11 Å². The molecular formula is C15H25N3O. The minimum absolute atomic E-state index is 0.0580. The molecule has 1 saturated carbocycles. The van der Waals surface area contributed by atoms with Crippen LogP contribution in [0.1, 0.15) is 34.1 Å². The average molecular weight is 263 g/mol. The fourth-order valence-corrected chi connectivity index (χ4v) is 2.55. The number of hydrogen-bond donors (Lipinski definition) is 2. The van der Waals surface area contributed by atoms with Gasteiger partial charge < -0.3 is 15.3 Å². The molecule has 2 atom stereocenters. The number of aliphatic hydroxyl groups is 1. The van der Waals surface area contributed by atoms with E-state index in [0.717, 1.165) is 31.0 Å². The second-order valence-electron chi connectivity index (χ2n) is 5.85. The van der Waals surface area contributed by atoms with Gasteiger partial charge in [-0.05, 0) is 32.4 Å². The van der Waals surface area contributed by atoms with Crippen LogP contribution in [0.25, 0.3) is 0 Å². The maximum atomic E-state index is 9.74. The summed E-state index contributed by atoms with van der Waals surface area (Å²) >= 11 is 0. The molecular weight excluding hydrogens is 238 g/mol. The van der Waals surface area contributed by atoms with Crippen molar-refractivity contribution in [2.24, 2.45) is 5.41 Å². The lowest BCUT2D eigenvalue weighted by atomic mass is 9.64. The number of rotatable bonds is 5. The Balaban J connectivity index is 2.00. The highest BCUT2D eigenvalue weighted by Gasteiger charge is 2.47. The molecule has 2 N–H and O–H groups in total. The van der Waals surface area contributed by atoms with Crippen molar-refractivity contribution in [3.8, 4) is 0 Å². The summed E-state index contributed by atoms with van der Waals surface area (Å²) in [7, 11) is 0. The molecule has 0 aromatic carbocycles. The van der Waals surface area contributed by atoms with Crippen molar-refractivity contribution in [2.75, 3.05) is 23.3 Å². The largest absolute Gasteiger partial charge is 0.392 e. The molecule has 2 rings (SSSR count). The number of hydrogen-bond acceptors (Lipinski definition) is 4. The van der Waals surface area contributed by atoms with Gasteiger partial charge >= 0.3 is 0 Å². The molecule has 1 aliphatic rings. The molecule has 1 aliphatic carbocycles. The Bertz CT molecular complexity index is 412. The van der Waals surface area contributed by atoms with Crippen molar-refractivity contribution >= 4 is 11.5 Å². The number of aliphatic hydroxyl groups excluding tert-OH is 1. The smallest absolute Gasteiger partial charge is 0.128 e. The molecule has 1 heterocycles. The summed E-state index contributed by atoms with van der Waals surface area (Å²) in [5.74, 6) is 1.02. The summed E-state index contributed by atoms with van der Waals surface area (Å²) in [5.41, 5.74) is 0.971. The standard InChI is InChI=1S/C15H25N3O/c1-5-18(6-2)14-8-7-11(10-16-14)17-12-9-13(19)15(12,3)4/h7-8,10,12-13,17,19H,5-6,9H2,1-4H3. The van der Waals surface area contributed by atoms with Crippen molar-refractivity contribution in [3.63, 3.8) is 0 Å². The van der Waals surface area contributed by atoms with E-state index >= 15 is 0 Å². The van der Waals surface area contributed by atoms with Crippen LogP contribution >= 0.6 is 0 Å². The van der Waals surface area contributed by atoms with Crippen LogP contribution in [0.3, 0.4) is 0 Å². The zero-order valence-electron chi connectivity index (χ0n) is 12.3. The maximum absolute atomic E-state index is 9.74. The van der Waals surface area contributed by atoms with Crippen LogP contribution in [0.4, 0.5) is 11.5 Å². The first kappa shape index (κ1) is 14.1. The third-order valence-corrected chi connectivity index (χ3v) is 4.39. The molecule has 4 nitrogen and oxygen atoms in total. The van der Waals surface area contributed by atoms with Crippen molar-refractivity contribution in [1.29, 1.82) is 0 Å². The Hall–Kier alpha value is -1.29. The lowest BCUT2D eigenvalue weighted by Crippen LogP contribution is -2.56. The van der Waals surface area contributed by atoms with Gasteiger partial charge in [-0.3, -0.25) is 0 Å². The fraction of sp³-hybridized carbons (Fsp3) is 0.667. The lowest BCUT2D eigenvalue weighted by molar-refractivity contribution is -0.0510. The second kappa shape index (κ2) is 5.37. The van der Waals surface area contributed by atoms with Crippen LogP contribution in [-0.2, 0) is 0 Å². The van der Waals surface area contributed by atoms with E-state index in [0.29, 0.717) is 6.04 Å². The van der Waals surface area contributed by atoms with E-state index in [1.807, 2.05) is 6.20 Å². The monoisotopic (exact) mass is 263 g/mol. The number of aromatic nitrogens is 1. The molecule has 1 aromatic rings. The van der Waals surface area contributed by atoms with Crippen molar-refractivity contribution in [2.45, 2.75) is 46.3 Å². The fourth-order valence-electron chi connectivity index (χ4n) is 2.55. The lowest BCUT2D eigenvalue weighted by Gasteiger charge is -2.49. The Morgan fingerprint density at radius 2 is 2.05 bits per heavy atom. The third kappa shape index (κ3) is 2.68. The summed E-state index contributed by atoms with van der Waals surface area (Å²) in [6.45, 7) is 10.4. The van der Waals surface area contributed by atoms with Crippen LogP contribution in [0.5, 0.6) is 0 Å². The van der Waals surface area contributed by atoms with E-state index in [4.69, 9.17) is 0 Å². The maximum Gasteiger partial charge on any atom is 0.128 e. The first-order valence-electron chi connectivity index (χ1n) is 7.14. The van der Waals surface area contributed by atoms with Crippen LogP contribution in [0.15, 0.2) is 18.3 Å². The quantitative estimate of drug-likeness (QED) is 0.857. The van der Waals surface area contributed by atoms with Gasteiger partial charge in [-0.1, -0.05) is 13.8 Å². The van der Waals surface area contributed by atoms with E-state index in [2.05, 4.69) is 55.0 Å². The predicted molar refractivity (Wildman–Crippen MR) is 79.6 cm³/mol. The van der Waals surface area contributed by atoms with E-state index in [1.54, 1.807) is 0 Å². The minimum atomic E-state index is -0.201. The van der Waals surface area contributed by atoms with E-state index < -0.39 is 0 Å². The summed E-state index contributed by atoms with van der Waals surface area (Å²) in [6, 6.07) is 4.45. The molecule has 19 heavy (non-hydrogen) atoms. The zero-order chi connectivity index (χ0) is 14.0. The SMILES string of the molecule is CCN(CC)c1ccc(NC2CC(O)C2(C)C)cn1. The average Bonchev–Trinajstić information content (AvgIpc) is 2.41. The Kier molecular flexibility index (Phi) is 3.99. The van der Waals surface area contributed by atoms with Gasteiger partial charge in [0.05, 0.1) is 18.0 Å². The molecule has 0 saturated heterocycles. The Labute approximate surface area is 115 Å². The normalized spacial score (nSPS) is 24.7. The first-order chi connectivity index (χ1) is 8.98. The van der Waals surface area contributed by atoms with Gasteiger partial charge in [0, 0.05) is 24.5 Å². The van der Waals surface area contributed by atoms with Gasteiger partial charge in [0.1, 0.15) is 5.82 Å². The molecule has 0 spiro atoms. The summed E-state index contributed by atoms with van der Waals surface area (Å²) in [4.78, 5) is 6.72. The topological polar surface area (TPSA) is 48.4 Å². The highest BCUT2D eigenvalue weighted by Crippen LogP contribution is 2.42. The van der Waals surface area contributed by atoms with Crippen LogP contribution in [0.2, 0.25) is 0 Å². The Morgan fingerprint density at radius 3 is 2.47 bits per heavy atom. The van der Waals surface area contributed by atoms with E-state index in [1.165, 1.54) is 0 Å². The van der Waals surface area contributed by atoms with Gasteiger partial charge in [-0.25, -0.2) is 4.98 Å². The summed E-state index contributed by atoms with van der Waals surface area (Å²) < 4.78 is 0. The van der Waals surface area contributed by atoms with Crippen LogP contribution in [0, 0.1) is 5.41 Å². The Morgan fingerprint density at radius 1 is 1.37 bits per heavy atom. The van der Waals surface area contributed by atoms with Gasteiger partial charge in [-0.15, -0.1) is 0 Å². The first-order valence-corrected chi connectivity index (χ1v) is 7.14. The highest BCUT2D eigenvalue weighted by atomic mass is 16.3. The van der Waals surface area contributed by atoms with Gasteiger partial charge in [0.2, 0.25) is 0 Å². The molecule has 0 amide bonds. The van der Waals surface area contributed by atoms with Crippen molar-refractivity contribution in [3.05, 3.63) is 18.3 Å². The molecule has 1 fully saturated rings. The van der Waals surface area contributed by atoms with Gasteiger partial charge in [0.15, 0.2) is 0 Å².